The van der Waals surface area contributed by atoms with Gasteiger partial charge in [-0.1, -0.05) is 45.0 Å². The number of carbonyl (C=O) groups excluding carboxylic acids is 2. The van der Waals surface area contributed by atoms with Crippen LogP contribution in [-0.4, -0.2) is 19.0 Å². The number of rotatable bonds is 5. The Labute approximate surface area is 164 Å². The van der Waals surface area contributed by atoms with Gasteiger partial charge >= 0.3 is 5.97 Å². The van der Waals surface area contributed by atoms with Crippen LogP contribution in [0.25, 0.3) is 0 Å². The Bertz CT molecular complexity index is 836. The van der Waals surface area contributed by atoms with E-state index < -0.39 is 0 Å². The summed E-state index contributed by atoms with van der Waals surface area (Å²) in [6, 6.07) is 8.13. The van der Waals surface area contributed by atoms with Crippen LogP contribution >= 0.6 is 11.3 Å². The fraction of sp³-hybridized carbons (Fsp3) is 0.455. The zero-order valence-electron chi connectivity index (χ0n) is 16.4. The van der Waals surface area contributed by atoms with Crippen LogP contribution in [0.15, 0.2) is 24.3 Å². The normalized spacial score (nSPS) is 16.1. The second-order valence-electron chi connectivity index (χ2n) is 7.67. The number of benzene rings is 1. The van der Waals surface area contributed by atoms with Crippen molar-refractivity contribution in [1.29, 1.82) is 0 Å². The summed E-state index contributed by atoms with van der Waals surface area (Å²) in [5, 5.41) is 3.59. The summed E-state index contributed by atoms with van der Waals surface area (Å²) in [6.07, 6.45) is 3.17. The molecule has 0 saturated carbocycles. The Morgan fingerprint density at radius 3 is 2.59 bits per heavy atom. The largest absolute Gasteiger partial charge is 0.465 e. The summed E-state index contributed by atoms with van der Waals surface area (Å²) < 4.78 is 4.98. The Hall–Kier alpha value is -2.14. The molecule has 0 aliphatic heterocycles. The van der Waals surface area contributed by atoms with Crippen molar-refractivity contribution in [3.8, 4) is 0 Å². The lowest BCUT2D eigenvalue weighted by Gasteiger charge is -2.18. The fourth-order valence-electron chi connectivity index (χ4n) is 3.53. The molecule has 0 spiro atoms. The van der Waals surface area contributed by atoms with Crippen molar-refractivity contribution in [2.45, 2.75) is 52.4 Å². The number of anilines is 1. The van der Waals surface area contributed by atoms with Crippen LogP contribution in [0.3, 0.4) is 0 Å². The first-order valence-corrected chi connectivity index (χ1v) is 10.3. The van der Waals surface area contributed by atoms with E-state index in [0.717, 1.165) is 30.4 Å². The molecular weight excluding hydrogens is 358 g/mol. The maximum atomic E-state index is 12.6. The van der Waals surface area contributed by atoms with E-state index in [0.29, 0.717) is 22.4 Å². The minimum atomic E-state index is -0.362. The van der Waals surface area contributed by atoms with Gasteiger partial charge in [-0.2, -0.15) is 0 Å². The lowest BCUT2D eigenvalue weighted by molar-refractivity contribution is -0.115. The quantitative estimate of drug-likeness (QED) is 0.740. The van der Waals surface area contributed by atoms with Gasteiger partial charge in [-0.3, -0.25) is 4.79 Å². The minimum Gasteiger partial charge on any atom is -0.465 e. The summed E-state index contributed by atoms with van der Waals surface area (Å²) in [4.78, 5) is 26.1. The minimum absolute atomic E-state index is 0.107. The zero-order valence-corrected chi connectivity index (χ0v) is 17.2. The molecule has 1 aromatic heterocycles. The molecular formula is C22H27NO3S. The third kappa shape index (κ3) is 4.41. The topological polar surface area (TPSA) is 55.4 Å². The van der Waals surface area contributed by atoms with Crippen LogP contribution in [0.2, 0.25) is 0 Å². The number of methoxy groups -OCH3 is 1. The number of hydrogen-bond acceptors (Lipinski definition) is 4. The molecule has 1 N–H and O–H groups in total. The lowest BCUT2D eigenvalue weighted by Crippen LogP contribution is -2.17. The summed E-state index contributed by atoms with van der Waals surface area (Å²) in [5.41, 5.74) is 3.83. The molecule has 1 heterocycles. The van der Waals surface area contributed by atoms with Crippen molar-refractivity contribution in [2.24, 2.45) is 5.92 Å². The molecule has 0 bridgehead atoms. The van der Waals surface area contributed by atoms with Gasteiger partial charge in [0.1, 0.15) is 5.00 Å². The summed E-state index contributed by atoms with van der Waals surface area (Å²) >= 11 is 1.52. The molecule has 1 aromatic carbocycles. The molecule has 3 rings (SSSR count). The van der Waals surface area contributed by atoms with Gasteiger partial charge in [0.15, 0.2) is 0 Å². The van der Waals surface area contributed by atoms with E-state index in [4.69, 9.17) is 4.74 Å². The van der Waals surface area contributed by atoms with E-state index in [1.54, 1.807) is 0 Å². The average Bonchev–Trinajstić information content (AvgIpc) is 2.98. The van der Waals surface area contributed by atoms with Crippen LogP contribution in [0, 0.1) is 5.92 Å². The van der Waals surface area contributed by atoms with Gasteiger partial charge < -0.3 is 10.1 Å². The Morgan fingerprint density at radius 1 is 1.26 bits per heavy atom. The van der Waals surface area contributed by atoms with Crippen LogP contribution in [0.5, 0.6) is 0 Å². The number of nitrogens with one attached hydrogen (secondary N) is 1. The van der Waals surface area contributed by atoms with E-state index in [1.165, 1.54) is 28.9 Å². The number of esters is 1. The molecule has 1 aliphatic rings. The number of fused-ring (bicyclic) bond motifs is 1. The molecule has 0 fully saturated rings. The molecule has 4 nitrogen and oxygen atoms in total. The third-order valence-corrected chi connectivity index (χ3v) is 6.33. The highest BCUT2D eigenvalue weighted by Crippen LogP contribution is 2.40. The molecule has 1 amide bonds. The SMILES string of the molecule is COC(=O)c1c(NC(=O)Cc2ccc(C(C)C)cc2)sc2c1CCC(C)C2. The summed E-state index contributed by atoms with van der Waals surface area (Å²) in [6.45, 7) is 6.52. The Balaban J connectivity index is 1.78. The van der Waals surface area contributed by atoms with Crippen molar-refractivity contribution in [1.82, 2.24) is 0 Å². The second-order valence-corrected chi connectivity index (χ2v) is 8.77. The van der Waals surface area contributed by atoms with E-state index in [2.05, 4.69) is 38.2 Å². The molecule has 5 heteroatoms. The number of thiophene rings is 1. The number of ether oxygens (including phenoxy) is 1. The monoisotopic (exact) mass is 385 g/mol. The molecule has 144 valence electrons. The van der Waals surface area contributed by atoms with Crippen LogP contribution in [0.4, 0.5) is 5.00 Å². The van der Waals surface area contributed by atoms with Gasteiger partial charge in [0.25, 0.3) is 0 Å². The van der Waals surface area contributed by atoms with E-state index in [9.17, 15) is 9.59 Å². The number of carbonyl (C=O) groups is 2. The van der Waals surface area contributed by atoms with E-state index in [-0.39, 0.29) is 18.3 Å². The smallest absolute Gasteiger partial charge is 0.341 e. The highest BCUT2D eigenvalue weighted by atomic mass is 32.1. The standard InChI is InChI=1S/C22H27NO3S/c1-13(2)16-8-6-15(7-9-16)12-19(24)23-21-20(22(25)26-4)17-10-5-14(3)11-18(17)27-21/h6-9,13-14H,5,10-12H2,1-4H3,(H,23,24). The zero-order chi connectivity index (χ0) is 19.6. The van der Waals surface area contributed by atoms with Crippen molar-refractivity contribution < 1.29 is 14.3 Å². The highest BCUT2D eigenvalue weighted by molar-refractivity contribution is 7.17. The number of amides is 1. The second kappa shape index (κ2) is 8.26. The molecule has 1 unspecified atom stereocenters. The van der Waals surface area contributed by atoms with Crippen LogP contribution in [0.1, 0.15) is 65.0 Å². The van der Waals surface area contributed by atoms with Crippen molar-refractivity contribution >= 4 is 28.2 Å². The maximum Gasteiger partial charge on any atom is 0.341 e. The van der Waals surface area contributed by atoms with Crippen molar-refractivity contribution in [3.63, 3.8) is 0 Å². The van der Waals surface area contributed by atoms with Crippen LogP contribution in [-0.2, 0) is 28.8 Å². The first-order valence-electron chi connectivity index (χ1n) is 9.50. The maximum absolute atomic E-state index is 12.6. The molecule has 1 atom stereocenters. The Kier molecular flexibility index (Phi) is 6.00. The highest BCUT2D eigenvalue weighted by Gasteiger charge is 2.28. The van der Waals surface area contributed by atoms with Gasteiger partial charge in [-0.15, -0.1) is 11.3 Å². The van der Waals surface area contributed by atoms with E-state index in [1.807, 2.05) is 12.1 Å². The van der Waals surface area contributed by atoms with Crippen molar-refractivity contribution in [2.75, 3.05) is 12.4 Å². The van der Waals surface area contributed by atoms with Gasteiger partial charge in [-0.25, -0.2) is 4.79 Å². The Morgan fingerprint density at radius 2 is 1.96 bits per heavy atom. The van der Waals surface area contributed by atoms with Crippen molar-refractivity contribution in [3.05, 3.63) is 51.4 Å². The lowest BCUT2D eigenvalue weighted by atomic mass is 9.88. The molecule has 1 aliphatic carbocycles. The van der Waals surface area contributed by atoms with Gasteiger partial charge in [0.2, 0.25) is 5.91 Å². The van der Waals surface area contributed by atoms with Gasteiger partial charge in [-0.05, 0) is 47.8 Å². The third-order valence-electron chi connectivity index (χ3n) is 5.17. The van der Waals surface area contributed by atoms with Gasteiger partial charge in [0, 0.05) is 4.88 Å². The molecule has 2 aromatic rings. The average molecular weight is 386 g/mol. The first kappa shape index (κ1) is 19.6. The van der Waals surface area contributed by atoms with Crippen LogP contribution < -0.4 is 5.32 Å². The van der Waals surface area contributed by atoms with E-state index >= 15 is 0 Å². The predicted octanol–water partition coefficient (Wildman–Crippen LogP) is 4.96. The summed E-state index contributed by atoms with van der Waals surface area (Å²) in [7, 11) is 1.39. The molecule has 0 radical (unpaired) electrons. The molecule has 0 saturated heterocycles. The van der Waals surface area contributed by atoms with Gasteiger partial charge in [0.05, 0.1) is 19.1 Å². The summed E-state index contributed by atoms with van der Waals surface area (Å²) in [5.74, 6) is 0.600. The number of hydrogen-bond donors (Lipinski definition) is 1. The predicted molar refractivity (Wildman–Crippen MR) is 110 cm³/mol. The fourth-order valence-corrected chi connectivity index (χ4v) is 4.95. The molecule has 27 heavy (non-hydrogen) atoms. The first-order chi connectivity index (χ1) is 12.9.